The molecule has 6 rings (SSSR count). The van der Waals surface area contributed by atoms with Crippen molar-refractivity contribution in [2.45, 2.75) is 76.0 Å². The molecule has 256 valence electrons. The van der Waals surface area contributed by atoms with Gasteiger partial charge in [0.25, 0.3) is 5.91 Å². The zero-order valence-corrected chi connectivity index (χ0v) is 28.6. The largest absolute Gasteiger partial charge is 0.492 e. The molecule has 14 heteroatoms. The van der Waals surface area contributed by atoms with Crippen LogP contribution < -0.4 is 20.7 Å². The molecular weight excluding hydrogens is 608 g/mol. The SMILES string of the molecule is CCOc1cc(C(=O)N2CCC(N3CCN(C)CC3)CC2)ccc1NC1NCC2C(N1)N(S(C)(=O)=O)C1CCCCC1C(=O)N2C. The average Bonchev–Trinajstić information content (AvgIpc) is 3.14. The van der Waals surface area contributed by atoms with E-state index in [1.807, 2.05) is 24.0 Å². The third-order valence-corrected chi connectivity index (χ3v) is 12.0. The van der Waals surface area contributed by atoms with Crippen molar-refractivity contribution in [2.75, 3.05) is 78.1 Å². The second-order valence-electron chi connectivity index (χ2n) is 13.7. The molecule has 5 atom stereocenters. The number of likely N-dealkylation sites (tertiary alicyclic amines) is 1. The number of carbonyl (C=O) groups is 2. The van der Waals surface area contributed by atoms with Gasteiger partial charge in [0, 0.05) is 70.5 Å². The molecule has 4 saturated heterocycles. The number of rotatable bonds is 7. The summed E-state index contributed by atoms with van der Waals surface area (Å²) in [5.41, 5.74) is 1.28. The van der Waals surface area contributed by atoms with E-state index in [4.69, 9.17) is 4.74 Å². The molecule has 2 amide bonds. The number of piperidine rings is 1. The number of hydrogen-bond acceptors (Lipinski definition) is 10. The van der Waals surface area contributed by atoms with Gasteiger partial charge in [-0.25, -0.2) is 8.42 Å². The van der Waals surface area contributed by atoms with Gasteiger partial charge in [-0.1, -0.05) is 12.8 Å². The van der Waals surface area contributed by atoms with Crippen LogP contribution in [0.5, 0.6) is 5.75 Å². The van der Waals surface area contributed by atoms with Crippen LogP contribution in [0.2, 0.25) is 0 Å². The summed E-state index contributed by atoms with van der Waals surface area (Å²) in [6, 6.07) is 5.30. The molecule has 0 radical (unpaired) electrons. The Labute approximate surface area is 274 Å². The van der Waals surface area contributed by atoms with Crippen LogP contribution in [-0.2, 0) is 14.8 Å². The summed E-state index contributed by atoms with van der Waals surface area (Å²) in [5, 5.41) is 10.3. The quantitative estimate of drug-likeness (QED) is 0.387. The molecule has 1 aromatic rings. The number of carbonyl (C=O) groups excluding carboxylic acids is 2. The van der Waals surface area contributed by atoms with Crippen LogP contribution in [0.3, 0.4) is 0 Å². The van der Waals surface area contributed by atoms with Crippen LogP contribution in [0.1, 0.15) is 55.8 Å². The summed E-state index contributed by atoms with van der Waals surface area (Å²) in [6.07, 6.45) is 5.33. The number of nitrogens with zero attached hydrogens (tertiary/aromatic N) is 5. The van der Waals surface area contributed by atoms with Gasteiger partial charge in [0.05, 0.1) is 36.7 Å². The van der Waals surface area contributed by atoms with E-state index < -0.39 is 22.5 Å². The molecule has 0 spiro atoms. The monoisotopic (exact) mass is 660 g/mol. The van der Waals surface area contributed by atoms with Gasteiger partial charge in [0.15, 0.2) is 0 Å². The lowest BCUT2D eigenvalue weighted by Crippen LogP contribution is -2.72. The van der Waals surface area contributed by atoms with Crippen molar-refractivity contribution in [1.29, 1.82) is 0 Å². The minimum atomic E-state index is -3.62. The van der Waals surface area contributed by atoms with Crippen LogP contribution in [0, 0.1) is 5.92 Å². The average molecular weight is 661 g/mol. The molecule has 46 heavy (non-hydrogen) atoms. The molecule has 4 aliphatic heterocycles. The Bertz CT molecular complexity index is 1360. The molecule has 5 aliphatic rings. The van der Waals surface area contributed by atoms with Crippen LogP contribution in [0.25, 0.3) is 0 Å². The lowest BCUT2D eigenvalue weighted by atomic mass is 9.84. The standard InChI is InChI=1S/C32H52N8O5S/c1-5-45-28-20-22(30(41)39-14-12-23(13-15-39)38-18-16-36(2)17-19-38)10-11-25(28)34-32-33-21-27-29(35-32)40(46(4,43)44)26-9-7-6-8-24(26)31(42)37(27)3/h10-11,20,23-24,26-27,29,32-35H,5-9,12-19,21H2,1-4H3. The Morgan fingerprint density at radius 1 is 1.00 bits per heavy atom. The first-order valence-corrected chi connectivity index (χ1v) is 18.9. The lowest BCUT2D eigenvalue weighted by Gasteiger charge is -2.46. The molecule has 5 unspecified atom stereocenters. The van der Waals surface area contributed by atoms with E-state index in [2.05, 4.69) is 32.8 Å². The van der Waals surface area contributed by atoms with Gasteiger partial charge in [-0.15, -0.1) is 0 Å². The normalized spacial score (nSPS) is 30.8. The minimum absolute atomic E-state index is 0.0121. The first-order chi connectivity index (χ1) is 22.0. The Balaban J connectivity index is 1.15. The highest BCUT2D eigenvalue weighted by molar-refractivity contribution is 7.88. The molecular formula is C32H52N8O5S. The van der Waals surface area contributed by atoms with E-state index in [-0.39, 0.29) is 29.8 Å². The Morgan fingerprint density at radius 3 is 2.41 bits per heavy atom. The van der Waals surface area contributed by atoms with Gasteiger partial charge >= 0.3 is 0 Å². The fourth-order valence-corrected chi connectivity index (χ4v) is 9.53. The van der Waals surface area contributed by atoms with Gasteiger partial charge in [-0.3, -0.25) is 25.1 Å². The summed E-state index contributed by atoms with van der Waals surface area (Å²) in [6.45, 7) is 8.62. The summed E-state index contributed by atoms with van der Waals surface area (Å²) in [5.74, 6) is 0.257. The third-order valence-electron chi connectivity index (χ3n) is 10.7. The number of likely N-dealkylation sites (N-methyl/N-ethyl adjacent to an activating group) is 2. The van der Waals surface area contributed by atoms with Gasteiger partial charge in [0.1, 0.15) is 12.0 Å². The minimum Gasteiger partial charge on any atom is -0.492 e. The van der Waals surface area contributed by atoms with Crippen molar-refractivity contribution >= 4 is 27.5 Å². The Morgan fingerprint density at radius 2 is 1.72 bits per heavy atom. The van der Waals surface area contributed by atoms with E-state index in [9.17, 15) is 18.0 Å². The number of fused-ring (bicyclic) bond motifs is 2. The van der Waals surface area contributed by atoms with E-state index in [1.165, 1.54) is 6.26 Å². The molecule has 0 aromatic heterocycles. The second-order valence-corrected chi connectivity index (χ2v) is 15.6. The maximum Gasteiger partial charge on any atom is 0.253 e. The molecule has 5 fully saturated rings. The predicted octanol–water partition coefficient (Wildman–Crippen LogP) is 0.813. The maximum absolute atomic E-state index is 13.6. The van der Waals surface area contributed by atoms with Crippen molar-refractivity contribution in [1.82, 2.24) is 34.5 Å². The maximum atomic E-state index is 13.6. The van der Waals surface area contributed by atoms with Crippen molar-refractivity contribution in [3.63, 3.8) is 0 Å². The highest BCUT2D eigenvalue weighted by Crippen LogP contribution is 2.37. The number of piperazine rings is 1. The van der Waals surface area contributed by atoms with Crippen molar-refractivity contribution in [2.24, 2.45) is 5.92 Å². The van der Waals surface area contributed by atoms with Crippen molar-refractivity contribution in [3.05, 3.63) is 23.8 Å². The van der Waals surface area contributed by atoms with Gasteiger partial charge in [-0.2, -0.15) is 4.31 Å². The fraction of sp³-hybridized carbons (Fsp3) is 0.750. The third kappa shape index (κ3) is 6.88. The number of benzene rings is 1. The number of nitrogens with one attached hydrogen (secondary N) is 3. The number of sulfonamides is 1. The van der Waals surface area contributed by atoms with E-state index in [1.54, 1.807) is 22.3 Å². The number of amides is 2. The molecule has 4 heterocycles. The molecule has 1 aliphatic carbocycles. The summed E-state index contributed by atoms with van der Waals surface area (Å²) >= 11 is 0. The van der Waals surface area contributed by atoms with Gasteiger partial charge in [0.2, 0.25) is 15.9 Å². The zero-order valence-electron chi connectivity index (χ0n) is 27.8. The predicted molar refractivity (Wildman–Crippen MR) is 177 cm³/mol. The second kappa shape index (κ2) is 13.9. The first-order valence-electron chi connectivity index (χ1n) is 17.0. The first kappa shape index (κ1) is 33.4. The summed E-state index contributed by atoms with van der Waals surface area (Å²) in [4.78, 5) is 35.7. The zero-order chi connectivity index (χ0) is 32.6. The molecule has 13 nitrogen and oxygen atoms in total. The fourth-order valence-electron chi connectivity index (χ4n) is 8.17. The summed E-state index contributed by atoms with van der Waals surface area (Å²) in [7, 11) is 0.332. The topological polar surface area (TPSA) is 130 Å². The van der Waals surface area contributed by atoms with E-state index >= 15 is 0 Å². The van der Waals surface area contributed by atoms with Crippen LogP contribution in [-0.4, -0.2) is 147 Å². The molecule has 1 aromatic carbocycles. The van der Waals surface area contributed by atoms with Gasteiger partial charge in [-0.05, 0) is 57.9 Å². The molecule has 1 saturated carbocycles. The number of ether oxygens (including phenoxy) is 1. The Kier molecular flexibility index (Phi) is 10.1. The van der Waals surface area contributed by atoms with Crippen molar-refractivity contribution < 1.29 is 22.7 Å². The molecule has 0 bridgehead atoms. The number of hydrogen-bond donors (Lipinski definition) is 3. The highest BCUT2D eigenvalue weighted by atomic mass is 32.2. The van der Waals surface area contributed by atoms with Crippen LogP contribution in [0.4, 0.5) is 5.69 Å². The van der Waals surface area contributed by atoms with E-state index in [0.29, 0.717) is 49.0 Å². The molecule has 3 N–H and O–H groups in total. The smallest absolute Gasteiger partial charge is 0.253 e. The highest BCUT2D eigenvalue weighted by Gasteiger charge is 2.52. The Hall–Kier alpha value is -2.49. The lowest BCUT2D eigenvalue weighted by molar-refractivity contribution is -0.137. The van der Waals surface area contributed by atoms with Crippen LogP contribution >= 0.6 is 0 Å². The van der Waals surface area contributed by atoms with E-state index in [0.717, 1.165) is 65.0 Å². The summed E-state index contributed by atoms with van der Waals surface area (Å²) < 4.78 is 34.1. The number of anilines is 1. The van der Waals surface area contributed by atoms with Gasteiger partial charge < -0.3 is 24.8 Å². The van der Waals surface area contributed by atoms with Crippen molar-refractivity contribution in [3.8, 4) is 5.75 Å². The van der Waals surface area contributed by atoms with Crippen LogP contribution in [0.15, 0.2) is 18.2 Å².